The molecule has 0 aliphatic rings. The SMILES string of the molecule is C[Si](C)(C)/C=C\C#Cc1ccccc1. The van der Waals surface area contributed by atoms with Gasteiger partial charge in [0.25, 0.3) is 0 Å². The van der Waals surface area contributed by atoms with Crippen molar-refractivity contribution >= 4 is 8.07 Å². The fourth-order valence-corrected chi connectivity index (χ4v) is 1.52. The lowest BCUT2D eigenvalue weighted by Crippen LogP contribution is -2.14. The van der Waals surface area contributed by atoms with E-state index in [0.717, 1.165) is 5.56 Å². The summed E-state index contributed by atoms with van der Waals surface area (Å²) in [6.45, 7) is 6.90. The molecule has 0 saturated heterocycles. The van der Waals surface area contributed by atoms with Crippen molar-refractivity contribution in [2.45, 2.75) is 19.6 Å². The Morgan fingerprint density at radius 2 is 1.71 bits per heavy atom. The highest BCUT2D eigenvalue weighted by Gasteiger charge is 2.05. The molecule has 0 radical (unpaired) electrons. The molecule has 0 aliphatic heterocycles. The fraction of sp³-hybridized carbons (Fsp3) is 0.231. The average Bonchev–Trinajstić information content (AvgIpc) is 2.13. The van der Waals surface area contributed by atoms with Crippen LogP contribution in [0.1, 0.15) is 5.56 Å². The number of rotatable bonds is 1. The molecular formula is C13H16Si. The van der Waals surface area contributed by atoms with Crippen molar-refractivity contribution in [3.05, 3.63) is 47.7 Å². The summed E-state index contributed by atoms with van der Waals surface area (Å²) in [5.74, 6) is 6.17. The van der Waals surface area contributed by atoms with Crippen LogP contribution in [0, 0.1) is 11.8 Å². The first-order valence-corrected chi connectivity index (χ1v) is 8.40. The zero-order valence-corrected chi connectivity index (χ0v) is 10.0. The molecule has 1 heteroatoms. The first-order chi connectivity index (χ1) is 6.58. The third kappa shape index (κ3) is 4.69. The molecule has 0 bridgehead atoms. The Kier molecular flexibility index (Phi) is 3.73. The van der Waals surface area contributed by atoms with Crippen LogP contribution in [0.5, 0.6) is 0 Å². The standard InChI is InChI=1S/C13H16Si/c1-14(2,3)12-8-7-11-13-9-5-4-6-10-13/h4-6,8-10,12H,1-3H3/b12-8-. The van der Waals surface area contributed by atoms with E-state index in [1.54, 1.807) is 0 Å². The van der Waals surface area contributed by atoms with Gasteiger partial charge in [-0.1, -0.05) is 55.4 Å². The molecule has 14 heavy (non-hydrogen) atoms. The van der Waals surface area contributed by atoms with E-state index in [1.165, 1.54) is 0 Å². The summed E-state index contributed by atoms with van der Waals surface area (Å²) in [4.78, 5) is 0. The molecule has 0 spiro atoms. The highest BCUT2D eigenvalue weighted by molar-refractivity contribution is 6.81. The molecule has 1 aromatic carbocycles. The van der Waals surface area contributed by atoms with E-state index in [-0.39, 0.29) is 0 Å². The minimum atomic E-state index is -1.08. The maximum absolute atomic E-state index is 3.10. The van der Waals surface area contributed by atoms with Crippen LogP contribution >= 0.6 is 0 Å². The van der Waals surface area contributed by atoms with Gasteiger partial charge in [0.2, 0.25) is 0 Å². The predicted molar refractivity (Wildman–Crippen MR) is 65.8 cm³/mol. The summed E-state index contributed by atoms with van der Waals surface area (Å²) >= 11 is 0. The zero-order valence-electron chi connectivity index (χ0n) is 9.04. The topological polar surface area (TPSA) is 0 Å². The lowest BCUT2D eigenvalue weighted by atomic mass is 10.2. The normalized spacial score (nSPS) is 11.1. The van der Waals surface area contributed by atoms with E-state index < -0.39 is 8.07 Å². The summed E-state index contributed by atoms with van der Waals surface area (Å²) in [6.07, 6.45) is 1.99. The van der Waals surface area contributed by atoms with Crippen molar-refractivity contribution in [2.75, 3.05) is 0 Å². The van der Waals surface area contributed by atoms with Gasteiger partial charge in [0.15, 0.2) is 0 Å². The van der Waals surface area contributed by atoms with Gasteiger partial charge in [-0.25, -0.2) is 0 Å². The van der Waals surface area contributed by atoms with E-state index in [0.29, 0.717) is 0 Å². The van der Waals surface area contributed by atoms with Gasteiger partial charge in [-0.05, 0) is 18.2 Å². The van der Waals surface area contributed by atoms with Crippen molar-refractivity contribution in [2.24, 2.45) is 0 Å². The van der Waals surface area contributed by atoms with Crippen molar-refractivity contribution in [3.8, 4) is 11.8 Å². The lowest BCUT2D eigenvalue weighted by Gasteiger charge is -2.05. The number of benzene rings is 1. The largest absolute Gasteiger partial charge is 0.0868 e. The van der Waals surface area contributed by atoms with Crippen molar-refractivity contribution in [3.63, 3.8) is 0 Å². The van der Waals surface area contributed by atoms with Crippen LogP contribution in [0.2, 0.25) is 19.6 Å². The molecule has 0 aliphatic carbocycles. The molecule has 0 atom stereocenters. The second-order valence-electron chi connectivity index (χ2n) is 4.33. The number of hydrogen-bond acceptors (Lipinski definition) is 0. The molecule has 0 nitrogen and oxygen atoms in total. The van der Waals surface area contributed by atoms with Crippen LogP contribution in [-0.4, -0.2) is 8.07 Å². The molecule has 0 amide bonds. The van der Waals surface area contributed by atoms with Gasteiger partial charge in [0.1, 0.15) is 0 Å². The summed E-state index contributed by atoms with van der Waals surface area (Å²) in [5, 5.41) is 0. The Balaban J connectivity index is 2.62. The third-order valence-corrected chi connectivity index (χ3v) is 2.82. The second kappa shape index (κ2) is 4.83. The third-order valence-electron chi connectivity index (χ3n) is 1.66. The summed E-state index contributed by atoms with van der Waals surface area (Å²) in [6, 6.07) is 10.1. The van der Waals surface area contributed by atoms with Crippen LogP contribution in [0.3, 0.4) is 0 Å². The maximum atomic E-state index is 3.10. The van der Waals surface area contributed by atoms with E-state index >= 15 is 0 Å². The van der Waals surface area contributed by atoms with Gasteiger partial charge in [0.05, 0.1) is 8.07 Å². The predicted octanol–water partition coefficient (Wildman–Crippen LogP) is 3.47. The molecule has 0 N–H and O–H groups in total. The molecule has 1 aromatic rings. The second-order valence-corrected chi connectivity index (χ2v) is 9.40. The first kappa shape index (κ1) is 10.8. The van der Waals surface area contributed by atoms with E-state index in [1.807, 2.05) is 36.4 Å². The number of hydrogen-bond donors (Lipinski definition) is 0. The highest BCUT2D eigenvalue weighted by atomic mass is 28.3. The maximum Gasteiger partial charge on any atom is 0.0695 e. The van der Waals surface area contributed by atoms with Crippen molar-refractivity contribution < 1.29 is 0 Å². The molecule has 0 fully saturated rings. The van der Waals surface area contributed by atoms with Crippen LogP contribution in [0.15, 0.2) is 42.1 Å². The minimum absolute atomic E-state index is 1.08. The Labute approximate surface area is 87.7 Å². The van der Waals surface area contributed by atoms with Crippen LogP contribution < -0.4 is 0 Å². The van der Waals surface area contributed by atoms with E-state index in [2.05, 4.69) is 37.2 Å². The van der Waals surface area contributed by atoms with Gasteiger partial charge >= 0.3 is 0 Å². The highest BCUT2D eigenvalue weighted by Crippen LogP contribution is 2.01. The van der Waals surface area contributed by atoms with Crippen LogP contribution in [0.4, 0.5) is 0 Å². The van der Waals surface area contributed by atoms with Gasteiger partial charge < -0.3 is 0 Å². The molecule has 1 rings (SSSR count). The molecule has 0 unspecified atom stereocenters. The van der Waals surface area contributed by atoms with E-state index in [9.17, 15) is 0 Å². The van der Waals surface area contributed by atoms with Gasteiger partial charge in [-0.2, -0.15) is 0 Å². The average molecular weight is 200 g/mol. The molecule has 0 heterocycles. The Morgan fingerprint density at radius 3 is 2.29 bits per heavy atom. The van der Waals surface area contributed by atoms with Crippen LogP contribution in [-0.2, 0) is 0 Å². The van der Waals surface area contributed by atoms with Crippen LogP contribution in [0.25, 0.3) is 0 Å². The summed E-state index contributed by atoms with van der Waals surface area (Å²) < 4.78 is 0. The van der Waals surface area contributed by atoms with Gasteiger partial charge in [-0.3, -0.25) is 0 Å². The Hall–Kier alpha value is -1.26. The van der Waals surface area contributed by atoms with Gasteiger partial charge in [-0.15, -0.1) is 0 Å². The molecule has 72 valence electrons. The summed E-state index contributed by atoms with van der Waals surface area (Å²) in [7, 11) is -1.08. The molecule has 0 saturated carbocycles. The Bertz CT molecular complexity index is 358. The quantitative estimate of drug-likeness (QED) is 0.481. The summed E-state index contributed by atoms with van der Waals surface area (Å²) in [5.41, 5.74) is 3.33. The van der Waals surface area contributed by atoms with Crippen molar-refractivity contribution in [1.82, 2.24) is 0 Å². The smallest absolute Gasteiger partial charge is 0.0695 e. The van der Waals surface area contributed by atoms with Crippen molar-refractivity contribution in [1.29, 1.82) is 0 Å². The zero-order chi connectivity index (χ0) is 10.4. The van der Waals surface area contributed by atoms with Gasteiger partial charge in [0, 0.05) is 5.56 Å². The number of allylic oxidation sites excluding steroid dienone is 1. The first-order valence-electron chi connectivity index (χ1n) is 4.82. The monoisotopic (exact) mass is 200 g/mol. The minimum Gasteiger partial charge on any atom is -0.0868 e. The van der Waals surface area contributed by atoms with E-state index in [4.69, 9.17) is 0 Å². The molecular weight excluding hydrogens is 184 g/mol. The fourth-order valence-electron chi connectivity index (χ4n) is 0.938. The Morgan fingerprint density at radius 1 is 1.07 bits per heavy atom. The lowest BCUT2D eigenvalue weighted by molar-refractivity contribution is 1.65. The molecule has 0 aromatic heterocycles.